The first-order chi connectivity index (χ1) is 16.3. The highest BCUT2D eigenvalue weighted by Crippen LogP contribution is 2.24. The molecule has 0 bridgehead atoms. The van der Waals surface area contributed by atoms with Crippen molar-refractivity contribution < 1.29 is 4.79 Å². The Hall–Kier alpha value is -3.14. The summed E-state index contributed by atoms with van der Waals surface area (Å²) in [7, 11) is 2.07. The summed E-state index contributed by atoms with van der Waals surface area (Å²) >= 11 is 0. The van der Waals surface area contributed by atoms with Gasteiger partial charge in [-0.3, -0.25) is 9.69 Å². The van der Waals surface area contributed by atoms with E-state index < -0.39 is 0 Å². The van der Waals surface area contributed by atoms with Crippen LogP contribution in [-0.4, -0.2) is 46.4 Å². The monoisotopic (exact) mass is 459 g/mol. The first kappa shape index (κ1) is 25.5. The number of benzene rings is 2. The zero-order valence-electron chi connectivity index (χ0n) is 20.9. The molecule has 2 aromatic rings. The number of nitrogens with two attached hydrogens (primary N) is 1. The zero-order valence-corrected chi connectivity index (χ0v) is 20.9. The lowest BCUT2D eigenvalue weighted by Crippen LogP contribution is -2.57. The maximum absolute atomic E-state index is 13.5. The lowest BCUT2D eigenvalue weighted by Gasteiger charge is -2.42. The van der Waals surface area contributed by atoms with E-state index in [9.17, 15) is 4.79 Å². The van der Waals surface area contributed by atoms with Crippen molar-refractivity contribution in [1.29, 1.82) is 5.26 Å². The Morgan fingerprint density at radius 2 is 1.82 bits per heavy atom. The third-order valence-corrected chi connectivity index (χ3v) is 6.60. The molecular weight excluding hydrogens is 422 g/mol. The van der Waals surface area contributed by atoms with Gasteiger partial charge in [0, 0.05) is 25.7 Å². The third kappa shape index (κ3) is 6.47. The van der Waals surface area contributed by atoms with Crippen LogP contribution in [-0.2, 0) is 17.9 Å². The van der Waals surface area contributed by atoms with Crippen molar-refractivity contribution in [2.75, 3.05) is 13.6 Å². The van der Waals surface area contributed by atoms with Gasteiger partial charge >= 0.3 is 0 Å². The number of hydrogen-bond donors (Lipinski definition) is 1. The number of nitriles is 1. The van der Waals surface area contributed by atoms with Gasteiger partial charge in [-0.1, -0.05) is 61.7 Å². The largest absolute Gasteiger partial charge is 0.331 e. The van der Waals surface area contributed by atoms with Crippen LogP contribution in [0.15, 0.2) is 60.3 Å². The Morgan fingerprint density at radius 3 is 2.44 bits per heavy atom. The van der Waals surface area contributed by atoms with E-state index in [4.69, 9.17) is 11.1 Å². The van der Waals surface area contributed by atoms with Gasteiger partial charge in [-0.2, -0.15) is 5.26 Å². The molecule has 3 rings (SSSR count). The number of carbonyl (C=O) groups is 1. The van der Waals surface area contributed by atoms with Crippen LogP contribution in [0.5, 0.6) is 0 Å². The fourth-order valence-electron chi connectivity index (χ4n) is 4.24. The first-order valence-corrected chi connectivity index (χ1v) is 12.1. The van der Waals surface area contributed by atoms with Crippen LogP contribution >= 0.6 is 0 Å². The van der Waals surface area contributed by atoms with Crippen molar-refractivity contribution in [1.82, 2.24) is 14.8 Å². The number of nitrogens with zero attached hydrogens (tertiary/aromatic N) is 4. The second-order valence-corrected chi connectivity index (χ2v) is 9.39. The summed E-state index contributed by atoms with van der Waals surface area (Å²) in [5.41, 5.74) is 4.67. The van der Waals surface area contributed by atoms with Crippen molar-refractivity contribution in [3.8, 4) is 6.07 Å². The molecule has 1 saturated heterocycles. The first-order valence-electron chi connectivity index (χ1n) is 12.1. The molecule has 0 spiro atoms. The van der Waals surface area contributed by atoms with Crippen molar-refractivity contribution in [3.05, 3.63) is 82.6 Å². The van der Waals surface area contributed by atoms with Gasteiger partial charge in [0.1, 0.15) is 5.70 Å². The Morgan fingerprint density at radius 1 is 1.18 bits per heavy atom. The molecule has 1 aliphatic rings. The van der Waals surface area contributed by atoms with Gasteiger partial charge in [-0.25, -0.2) is 5.84 Å². The van der Waals surface area contributed by atoms with E-state index in [1.807, 2.05) is 23.1 Å². The average Bonchev–Trinajstić information content (AvgIpc) is 2.84. The van der Waals surface area contributed by atoms with Crippen molar-refractivity contribution in [3.63, 3.8) is 0 Å². The minimum absolute atomic E-state index is 0.0352. The molecule has 2 unspecified atom stereocenters. The predicted octanol–water partition coefficient (Wildman–Crippen LogP) is 4.35. The third-order valence-electron chi connectivity index (χ3n) is 6.60. The number of unbranched alkanes of at least 4 members (excludes halogenated alkanes) is 1. The van der Waals surface area contributed by atoms with E-state index in [-0.39, 0.29) is 18.0 Å². The minimum Gasteiger partial charge on any atom is -0.331 e. The Balaban J connectivity index is 1.79. The Kier molecular flexibility index (Phi) is 8.86. The highest BCUT2D eigenvalue weighted by Gasteiger charge is 2.34. The van der Waals surface area contributed by atoms with E-state index in [1.165, 1.54) is 11.1 Å². The second kappa shape index (κ2) is 11.8. The Bertz CT molecular complexity index is 1020. The van der Waals surface area contributed by atoms with E-state index in [2.05, 4.69) is 63.1 Å². The summed E-state index contributed by atoms with van der Waals surface area (Å²) < 4.78 is 0. The van der Waals surface area contributed by atoms with Crippen LogP contribution in [0.4, 0.5) is 0 Å². The molecule has 1 amide bonds. The molecule has 1 heterocycles. The quantitative estimate of drug-likeness (QED) is 0.446. The summed E-state index contributed by atoms with van der Waals surface area (Å²) in [6, 6.07) is 18.2. The van der Waals surface area contributed by atoms with Crippen LogP contribution in [0.3, 0.4) is 0 Å². The molecule has 0 aromatic heterocycles. The number of amides is 1. The van der Waals surface area contributed by atoms with Crippen molar-refractivity contribution >= 4 is 5.91 Å². The van der Waals surface area contributed by atoms with Gasteiger partial charge in [0.05, 0.1) is 17.7 Å². The lowest BCUT2D eigenvalue weighted by atomic mass is 10.0. The summed E-state index contributed by atoms with van der Waals surface area (Å²) in [5, 5.41) is 10.8. The van der Waals surface area contributed by atoms with Crippen LogP contribution in [0.1, 0.15) is 55.4 Å². The molecule has 180 valence electrons. The van der Waals surface area contributed by atoms with Crippen molar-refractivity contribution in [2.45, 2.75) is 65.2 Å². The molecule has 2 N–H and O–H groups in total. The van der Waals surface area contributed by atoms with E-state index in [0.717, 1.165) is 31.4 Å². The number of hydrogen-bond acceptors (Lipinski definition) is 5. The van der Waals surface area contributed by atoms with Crippen LogP contribution < -0.4 is 5.84 Å². The summed E-state index contributed by atoms with van der Waals surface area (Å²) in [4.78, 5) is 17.6. The summed E-state index contributed by atoms with van der Waals surface area (Å²) in [6.45, 7) is 8.25. The Labute approximate surface area is 204 Å². The maximum atomic E-state index is 13.5. The molecular formula is C28H37N5O. The summed E-state index contributed by atoms with van der Waals surface area (Å²) in [6.07, 6.45) is 5.09. The molecule has 0 aliphatic carbocycles. The summed E-state index contributed by atoms with van der Waals surface area (Å²) in [5.74, 6) is 6.48. The molecule has 2 atom stereocenters. The normalized spacial score (nSPS) is 18.4. The van der Waals surface area contributed by atoms with E-state index >= 15 is 0 Å². The van der Waals surface area contributed by atoms with E-state index in [0.29, 0.717) is 24.4 Å². The molecule has 1 aliphatic heterocycles. The predicted molar refractivity (Wildman–Crippen MR) is 136 cm³/mol. The SMILES string of the molecule is CCCCC1CN(Cc2ccc(C#N)cc2)C(=O)/C(=C/C(C)N(C)Cc2ccc(C)cc2)N1N. The lowest BCUT2D eigenvalue weighted by molar-refractivity contribution is -0.134. The minimum atomic E-state index is -0.0461. The van der Waals surface area contributed by atoms with Gasteiger partial charge in [0.25, 0.3) is 5.91 Å². The maximum Gasteiger partial charge on any atom is 0.271 e. The highest BCUT2D eigenvalue weighted by molar-refractivity contribution is 5.93. The molecule has 2 aromatic carbocycles. The number of likely N-dealkylation sites (N-methyl/N-ethyl adjacent to an activating group) is 1. The number of rotatable bonds is 9. The molecule has 1 fully saturated rings. The molecule has 0 saturated carbocycles. The molecule has 34 heavy (non-hydrogen) atoms. The topological polar surface area (TPSA) is 76.6 Å². The van der Waals surface area contributed by atoms with Crippen LogP contribution in [0.25, 0.3) is 0 Å². The second-order valence-electron chi connectivity index (χ2n) is 9.39. The number of carbonyl (C=O) groups excluding carboxylic acids is 1. The zero-order chi connectivity index (χ0) is 24.7. The van der Waals surface area contributed by atoms with Crippen LogP contribution in [0, 0.1) is 18.3 Å². The van der Waals surface area contributed by atoms with Crippen LogP contribution in [0.2, 0.25) is 0 Å². The number of aryl methyl sites for hydroxylation is 1. The number of hydrazine groups is 1. The number of piperazine rings is 1. The smallest absolute Gasteiger partial charge is 0.271 e. The average molecular weight is 460 g/mol. The fraction of sp³-hybridized carbons (Fsp3) is 0.429. The van der Waals surface area contributed by atoms with Gasteiger partial charge in [0.15, 0.2) is 0 Å². The fourth-order valence-corrected chi connectivity index (χ4v) is 4.24. The van der Waals surface area contributed by atoms with Gasteiger partial charge in [-0.05, 0) is 56.7 Å². The van der Waals surface area contributed by atoms with Gasteiger partial charge in [-0.15, -0.1) is 0 Å². The molecule has 6 nitrogen and oxygen atoms in total. The van der Waals surface area contributed by atoms with Gasteiger partial charge < -0.3 is 9.91 Å². The molecule has 6 heteroatoms. The highest BCUT2D eigenvalue weighted by atomic mass is 16.2. The van der Waals surface area contributed by atoms with Crippen molar-refractivity contribution in [2.24, 2.45) is 5.84 Å². The van der Waals surface area contributed by atoms with Gasteiger partial charge in [0.2, 0.25) is 0 Å². The molecule has 0 radical (unpaired) electrons. The standard InChI is InChI=1S/C28H37N5O/c1-5-6-7-26-20-32(19-25-14-12-23(17-29)13-15-25)28(34)27(33(26)30)16-22(3)31(4)18-24-10-8-21(2)9-11-24/h8-16,22,26H,5-7,18-20,30H2,1-4H3/b27-16-. The van der Waals surface area contributed by atoms with E-state index in [1.54, 1.807) is 17.1 Å².